The summed E-state index contributed by atoms with van der Waals surface area (Å²) in [4.78, 5) is 11.4. The van der Waals surface area contributed by atoms with E-state index in [1.807, 2.05) is 20.8 Å². The van der Waals surface area contributed by atoms with Crippen molar-refractivity contribution in [1.29, 1.82) is 0 Å². The zero-order valence-electron chi connectivity index (χ0n) is 7.45. The smallest absolute Gasteiger partial charge is 0.226 e. The molecule has 4 heteroatoms. The monoisotopic (exact) mass is 209 g/mol. The van der Waals surface area contributed by atoms with E-state index in [9.17, 15) is 4.79 Å². The molecule has 0 saturated heterocycles. The molecule has 1 fully saturated rings. The third kappa shape index (κ3) is 2.53. The number of rotatable bonds is 1. The molecular formula is C8H13Cl2NO. The second-order valence-corrected chi connectivity index (χ2v) is 5.80. The highest BCUT2D eigenvalue weighted by molar-refractivity contribution is 6.52. The first-order valence-electron chi connectivity index (χ1n) is 3.92. The van der Waals surface area contributed by atoms with Gasteiger partial charge in [0.25, 0.3) is 0 Å². The lowest BCUT2D eigenvalue weighted by molar-refractivity contribution is -0.123. The van der Waals surface area contributed by atoms with E-state index in [0.717, 1.165) is 0 Å². The van der Waals surface area contributed by atoms with Crippen molar-refractivity contribution in [3.05, 3.63) is 0 Å². The van der Waals surface area contributed by atoms with Gasteiger partial charge in [-0.1, -0.05) is 0 Å². The van der Waals surface area contributed by atoms with Gasteiger partial charge >= 0.3 is 0 Å². The highest BCUT2D eigenvalue weighted by Crippen LogP contribution is 2.53. The van der Waals surface area contributed by atoms with Crippen LogP contribution in [0.3, 0.4) is 0 Å². The number of carbonyl (C=O) groups is 1. The van der Waals surface area contributed by atoms with E-state index in [1.165, 1.54) is 0 Å². The maximum absolute atomic E-state index is 11.4. The SMILES string of the molecule is CC(C)(C)NC(=O)C1CC1(Cl)Cl. The summed E-state index contributed by atoms with van der Waals surface area (Å²) in [6.07, 6.45) is 0.567. The molecule has 0 aromatic rings. The van der Waals surface area contributed by atoms with E-state index in [-0.39, 0.29) is 17.4 Å². The van der Waals surface area contributed by atoms with Crippen molar-refractivity contribution >= 4 is 29.1 Å². The molecule has 1 saturated carbocycles. The Morgan fingerprint density at radius 1 is 1.50 bits per heavy atom. The highest BCUT2D eigenvalue weighted by Gasteiger charge is 2.56. The van der Waals surface area contributed by atoms with E-state index < -0.39 is 4.33 Å². The second kappa shape index (κ2) is 2.78. The van der Waals surface area contributed by atoms with Crippen LogP contribution in [0.2, 0.25) is 0 Å². The number of hydrogen-bond donors (Lipinski definition) is 1. The summed E-state index contributed by atoms with van der Waals surface area (Å²) in [6, 6.07) is 0. The fourth-order valence-electron chi connectivity index (χ4n) is 0.954. The number of amides is 1. The van der Waals surface area contributed by atoms with Gasteiger partial charge in [-0.3, -0.25) is 4.79 Å². The zero-order valence-corrected chi connectivity index (χ0v) is 8.96. The minimum absolute atomic E-state index is 0.0486. The summed E-state index contributed by atoms with van der Waals surface area (Å²) in [5.41, 5.74) is -0.205. The third-order valence-electron chi connectivity index (χ3n) is 1.64. The Morgan fingerprint density at radius 2 is 1.92 bits per heavy atom. The van der Waals surface area contributed by atoms with Crippen LogP contribution in [0.15, 0.2) is 0 Å². The van der Waals surface area contributed by atoms with Crippen molar-refractivity contribution < 1.29 is 4.79 Å². The molecule has 0 heterocycles. The minimum Gasteiger partial charge on any atom is -0.351 e. The number of carbonyl (C=O) groups excluding carboxylic acids is 1. The van der Waals surface area contributed by atoms with Gasteiger partial charge in [-0.25, -0.2) is 0 Å². The van der Waals surface area contributed by atoms with Crippen molar-refractivity contribution in [2.75, 3.05) is 0 Å². The van der Waals surface area contributed by atoms with Crippen molar-refractivity contribution in [2.45, 2.75) is 37.1 Å². The van der Waals surface area contributed by atoms with Crippen LogP contribution in [0, 0.1) is 5.92 Å². The topological polar surface area (TPSA) is 29.1 Å². The van der Waals surface area contributed by atoms with E-state index in [1.54, 1.807) is 0 Å². The number of nitrogens with one attached hydrogen (secondary N) is 1. The van der Waals surface area contributed by atoms with E-state index in [0.29, 0.717) is 6.42 Å². The predicted octanol–water partition coefficient (Wildman–Crippen LogP) is 2.09. The Morgan fingerprint density at radius 3 is 2.17 bits per heavy atom. The molecule has 0 aromatic carbocycles. The van der Waals surface area contributed by atoms with E-state index in [2.05, 4.69) is 5.32 Å². The Kier molecular flexibility index (Phi) is 2.34. The normalized spacial score (nSPS) is 26.6. The quantitative estimate of drug-likeness (QED) is 0.659. The van der Waals surface area contributed by atoms with Crippen LogP contribution < -0.4 is 5.32 Å². The average Bonchev–Trinajstić information content (AvgIpc) is 2.35. The second-order valence-electron chi connectivity index (χ2n) is 4.26. The van der Waals surface area contributed by atoms with Gasteiger partial charge in [-0.05, 0) is 27.2 Å². The fourth-order valence-corrected chi connectivity index (χ4v) is 1.46. The van der Waals surface area contributed by atoms with Crippen LogP contribution in [0.25, 0.3) is 0 Å². The van der Waals surface area contributed by atoms with E-state index in [4.69, 9.17) is 23.2 Å². The molecule has 1 unspecified atom stereocenters. The maximum atomic E-state index is 11.4. The molecule has 1 aliphatic rings. The molecule has 0 spiro atoms. The summed E-state index contributed by atoms with van der Waals surface area (Å²) in [5, 5.41) is 2.83. The van der Waals surface area contributed by atoms with Gasteiger partial charge in [0.15, 0.2) is 0 Å². The predicted molar refractivity (Wildman–Crippen MR) is 50.4 cm³/mol. The molecule has 0 bridgehead atoms. The summed E-state index contributed by atoms with van der Waals surface area (Å²) in [5.74, 6) is -0.271. The molecule has 1 rings (SSSR count). The Hall–Kier alpha value is 0.0500. The van der Waals surface area contributed by atoms with Crippen molar-refractivity contribution in [3.8, 4) is 0 Å². The minimum atomic E-state index is -0.810. The largest absolute Gasteiger partial charge is 0.351 e. The van der Waals surface area contributed by atoms with Crippen LogP contribution in [0.4, 0.5) is 0 Å². The number of alkyl halides is 2. The van der Waals surface area contributed by atoms with Crippen molar-refractivity contribution in [1.82, 2.24) is 5.32 Å². The standard InChI is InChI=1S/C8H13Cl2NO/c1-7(2,3)11-6(12)5-4-8(5,9)10/h5H,4H2,1-3H3,(H,11,12). The third-order valence-corrected chi connectivity index (χ3v) is 2.48. The maximum Gasteiger partial charge on any atom is 0.226 e. The molecule has 0 radical (unpaired) electrons. The molecule has 70 valence electrons. The van der Waals surface area contributed by atoms with Crippen LogP contribution >= 0.6 is 23.2 Å². The highest BCUT2D eigenvalue weighted by atomic mass is 35.5. The lowest BCUT2D eigenvalue weighted by Gasteiger charge is -2.20. The molecule has 1 atom stereocenters. The molecule has 12 heavy (non-hydrogen) atoms. The summed E-state index contributed by atoms with van der Waals surface area (Å²) in [7, 11) is 0. The van der Waals surface area contributed by atoms with Crippen LogP contribution in [-0.4, -0.2) is 15.8 Å². The van der Waals surface area contributed by atoms with Crippen LogP contribution in [0.1, 0.15) is 27.2 Å². The molecule has 1 amide bonds. The molecule has 0 aromatic heterocycles. The lowest BCUT2D eigenvalue weighted by Crippen LogP contribution is -2.42. The number of hydrogen-bond acceptors (Lipinski definition) is 1. The van der Waals surface area contributed by atoms with E-state index >= 15 is 0 Å². The zero-order chi connectivity index (χ0) is 9.57. The first-order chi connectivity index (χ1) is 5.22. The Balaban J connectivity index is 2.42. The fraction of sp³-hybridized carbons (Fsp3) is 0.875. The molecular weight excluding hydrogens is 197 g/mol. The summed E-state index contributed by atoms with van der Waals surface area (Å²) >= 11 is 11.5. The van der Waals surface area contributed by atoms with Crippen LogP contribution in [-0.2, 0) is 4.79 Å². The molecule has 0 aliphatic heterocycles. The Bertz CT molecular complexity index is 208. The van der Waals surface area contributed by atoms with Gasteiger partial charge in [-0.15, -0.1) is 23.2 Å². The van der Waals surface area contributed by atoms with Crippen molar-refractivity contribution in [3.63, 3.8) is 0 Å². The molecule has 1 N–H and O–H groups in total. The lowest BCUT2D eigenvalue weighted by atomic mass is 10.1. The first kappa shape index (κ1) is 10.1. The van der Waals surface area contributed by atoms with Gasteiger partial charge in [0.05, 0.1) is 5.92 Å². The first-order valence-corrected chi connectivity index (χ1v) is 4.68. The van der Waals surface area contributed by atoms with Gasteiger partial charge in [0, 0.05) is 5.54 Å². The van der Waals surface area contributed by atoms with Gasteiger partial charge in [0.2, 0.25) is 5.91 Å². The van der Waals surface area contributed by atoms with Gasteiger partial charge < -0.3 is 5.32 Å². The number of halogens is 2. The average molecular weight is 210 g/mol. The van der Waals surface area contributed by atoms with Crippen molar-refractivity contribution in [2.24, 2.45) is 5.92 Å². The van der Waals surface area contributed by atoms with Gasteiger partial charge in [0.1, 0.15) is 4.33 Å². The Labute approximate surface area is 82.6 Å². The van der Waals surface area contributed by atoms with Crippen LogP contribution in [0.5, 0.6) is 0 Å². The summed E-state index contributed by atoms with van der Waals surface area (Å²) in [6.45, 7) is 5.78. The summed E-state index contributed by atoms with van der Waals surface area (Å²) < 4.78 is -0.810. The van der Waals surface area contributed by atoms with Gasteiger partial charge in [-0.2, -0.15) is 0 Å². The molecule has 2 nitrogen and oxygen atoms in total. The molecule has 1 aliphatic carbocycles.